The van der Waals surface area contributed by atoms with Crippen LogP contribution in [-0.4, -0.2) is 26.2 Å². The monoisotopic (exact) mass is 339 g/mol. The topological polar surface area (TPSA) is 45.7 Å². The zero-order chi connectivity index (χ0) is 16.5. The molecule has 0 bridgehead atoms. The highest BCUT2D eigenvalue weighted by Gasteiger charge is 2.05. The van der Waals surface area contributed by atoms with Crippen molar-refractivity contribution in [2.24, 2.45) is 4.99 Å². The Morgan fingerprint density at radius 2 is 2.13 bits per heavy atom. The van der Waals surface area contributed by atoms with Gasteiger partial charge in [0.15, 0.2) is 5.96 Å². The number of thiophene rings is 1. The summed E-state index contributed by atoms with van der Waals surface area (Å²) in [6, 6.07) is 10.7. The number of hydrogen-bond acceptors (Lipinski definition) is 3. The molecule has 0 atom stereocenters. The van der Waals surface area contributed by atoms with Crippen LogP contribution >= 0.6 is 11.3 Å². The molecular formula is C16H19F2N3OS. The number of aliphatic imine (C=N–C) groups is 1. The minimum Gasteiger partial charge on any atom is -0.435 e. The number of ether oxygens (including phenoxy) is 1. The molecular weight excluding hydrogens is 320 g/mol. The molecule has 0 aliphatic rings. The zero-order valence-electron chi connectivity index (χ0n) is 12.8. The molecule has 4 nitrogen and oxygen atoms in total. The molecule has 7 heteroatoms. The van der Waals surface area contributed by atoms with Crippen LogP contribution in [0.15, 0.2) is 46.8 Å². The lowest BCUT2D eigenvalue weighted by Crippen LogP contribution is -2.37. The van der Waals surface area contributed by atoms with Gasteiger partial charge in [0.2, 0.25) is 0 Å². The molecule has 0 aliphatic carbocycles. The maximum absolute atomic E-state index is 12.2. The van der Waals surface area contributed by atoms with Gasteiger partial charge in [0.25, 0.3) is 0 Å². The van der Waals surface area contributed by atoms with E-state index in [1.165, 1.54) is 10.9 Å². The summed E-state index contributed by atoms with van der Waals surface area (Å²) in [5.41, 5.74) is 0.837. The smallest absolute Gasteiger partial charge is 0.387 e. The highest BCUT2D eigenvalue weighted by atomic mass is 32.1. The first-order chi connectivity index (χ1) is 11.2. The van der Waals surface area contributed by atoms with Crippen LogP contribution in [-0.2, 0) is 13.0 Å². The van der Waals surface area contributed by atoms with Crippen molar-refractivity contribution < 1.29 is 13.5 Å². The van der Waals surface area contributed by atoms with Gasteiger partial charge in [-0.3, -0.25) is 4.99 Å². The summed E-state index contributed by atoms with van der Waals surface area (Å²) >= 11 is 1.72. The van der Waals surface area contributed by atoms with Crippen LogP contribution in [0.1, 0.15) is 10.4 Å². The van der Waals surface area contributed by atoms with Crippen LogP contribution < -0.4 is 15.4 Å². The molecule has 0 unspecified atom stereocenters. The van der Waals surface area contributed by atoms with Crippen molar-refractivity contribution >= 4 is 17.3 Å². The molecule has 23 heavy (non-hydrogen) atoms. The molecule has 0 fully saturated rings. The average Bonchev–Trinajstić information content (AvgIpc) is 3.03. The number of guanidine groups is 1. The van der Waals surface area contributed by atoms with Gasteiger partial charge in [0, 0.05) is 25.0 Å². The lowest BCUT2D eigenvalue weighted by molar-refractivity contribution is -0.0498. The first kappa shape index (κ1) is 17.2. The van der Waals surface area contributed by atoms with Crippen molar-refractivity contribution in [2.75, 3.05) is 13.6 Å². The number of hydrogen-bond donors (Lipinski definition) is 2. The van der Waals surface area contributed by atoms with Crippen molar-refractivity contribution in [1.82, 2.24) is 10.6 Å². The summed E-state index contributed by atoms with van der Waals surface area (Å²) < 4.78 is 28.8. The molecule has 0 radical (unpaired) electrons. The van der Waals surface area contributed by atoms with E-state index in [2.05, 4.69) is 31.8 Å². The number of alkyl halides is 2. The molecule has 2 N–H and O–H groups in total. The predicted octanol–water partition coefficient (Wildman–Crippen LogP) is 3.26. The zero-order valence-corrected chi connectivity index (χ0v) is 13.6. The molecule has 1 heterocycles. The van der Waals surface area contributed by atoms with E-state index < -0.39 is 6.61 Å². The second-order valence-corrected chi connectivity index (χ2v) is 5.74. The Morgan fingerprint density at radius 3 is 2.83 bits per heavy atom. The van der Waals surface area contributed by atoms with Gasteiger partial charge in [0.05, 0.1) is 0 Å². The van der Waals surface area contributed by atoms with E-state index >= 15 is 0 Å². The average molecular weight is 339 g/mol. The highest BCUT2D eigenvalue weighted by Crippen LogP contribution is 2.15. The number of nitrogens with zero attached hydrogens (tertiary/aromatic N) is 1. The van der Waals surface area contributed by atoms with Gasteiger partial charge in [-0.1, -0.05) is 18.2 Å². The van der Waals surface area contributed by atoms with Crippen LogP contribution in [0, 0.1) is 0 Å². The fourth-order valence-electron chi connectivity index (χ4n) is 2.00. The summed E-state index contributed by atoms with van der Waals surface area (Å²) in [6.07, 6.45) is 0.927. The Kier molecular flexibility index (Phi) is 6.80. The summed E-state index contributed by atoms with van der Waals surface area (Å²) in [7, 11) is 1.69. The van der Waals surface area contributed by atoms with Crippen molar-refractivity contribution in [3.8, 4) is 5.75 Å². The van der Waals surface area contributed by atoms with E-state index in [4.69, 9.17) is 0 Å². The first-order valence-corrected chi connectivity index (χ1v) is 8.06. The third-order valence-electron chi connectivity index (χ3n) is 3.05. The molecule has 2 rings (SSSR count). The Labute approximate surface area is 138 Å². The maximum atomic E-state index is 12.2. The number of nitrogens with one attached hydrogen (secondary N) is 2. The standard InChI is InChI=1S/C16H19F2N3OS/c1-19-16(20-8-7-14-6-3-9-23-14)21-11-12-4-2-5-13(10-12)22-15(17)18/h2-6,9-10,15H,7-8,11H2,1H3,(H2,19,20,21). The molecule has 0 spiro atoms. The molecule has 0 saturated heterocycles. The third-order valence-corrected chi connectivity index (χ3v) is 3.99. The van der Waals surface area contributed by atoms with Crippen LogP contribution in [0.4, 0.5) is 8.78 Å². The van der Waals surface area contributed by atoms with Crippen molar-refractivity contribution in [3.05, 3.63) is 52.2 Å². The minimum atomic E-state index is -2.81. The van der Waals surface area contributed by atoms with Crippen molar-refractivity contribution in [3.63, 3.8) is 0 Å². The number of halogens is 2. The van der Waals surface area contributed by atoms with E-state index in [0.29, 0.717) is 12.5 Å². The molecule has 0 saturated carbocycles. The SMILES string of the molecule is CN=C(NCCc1cccs1)NCc1cccc(OC(F)F)c1. The lowest BCUT2D eigenvalue weighted by Gasteiger charge is -2.12. The Morgan fingerprint density at radius 1 is 1.26 bits per heavy atom. The van der Waals surface area contributed by atoms with Crippen LogP contribution in [0.5, 0.6) is 5.75 Å². The quantitative estimate of drug-likeness (QED) is 0.601. The van der Waals surface area contributed by atoms with Crippen LogP contribution in [0.3, 0.4) is 0 Å². The molecule has 0 amide bonds. The summed E-state index contributed by atoms with van der Waals surface area (Å²) in [4.78, 5) is 5.45. The van der Waals surface area contributed by atoms with Crippen LogP contribution in [0.2, 0.25) is 0 Å². The summed E-state index contributed by atoms with van der Waals surface area (Å²) in [6.45, 7) is -1.57. The fourth-order valence-corrected chi connectivity index (χ4v) is 2.71. The molecule has 124 valence electrons. The molecule has 1 aromatic carbocycles. The Hall–Kier alpha value is -2.15. The van der Waals surface area contributed by atoms with Gasteiger partial charge in [-0.2, -0.15) is 8.78 Å². The number of rotatable bonds is 7. The van der Waals surface area contributed by atoms with E-state index in [0.717, 1.165) is 18.5 Å². The maximum Gasteiger partial charge on any atom is 0.387 e. The molecule has 2 aromatic rings. The third kappa shape index (κ3) is 6.23. The number of benzene rings is 1. The fraction of sp³-hybridized carbons (Fsp3) is 0.312. The van der Waals surface area contributed by atoms with Crippen molar-refractivity contribution in [1.29, 1.82) is 0 Å². The molecule has 1 aromatic heterocycles. The van der Waals surface area contributed by atoms with Gasteiger partial charge in [-0.15, -0.1) is 11.3 Å². The Bertz CT molecular complexity index is 618. The van der Waals surface area contributed by atoms with E-state index in [-0.39, 0.29) is 5.75 Å². The molecule has 0 aliphatic heterocycles. The lowest BCUT2D eigenvalue weighted by atomic mass is 10.2. The second-order valence-electron chi connectivity index (χ2n) is 4.71. The van der Waals surface area contributed by atoms with Crippen molar-refractivity contribution in [2.45, 2.75) is 19.6 Å². The van der Waals surface area contributed by atoms with Crippen LogP contribution in [0.25, 0.3) is 0 Å². The van der Waals surface area contributed by atoms with E-state index in [9.17, 15) is 8.78 Å². The second kappa shape index (κ2) is 9.09. The van der Waals surface area contributed by atoms with Gasteiger partial charge in [0.1, 0.15) is 5.75 Å². The normalized spacial score (nSPS) is 11.6. The highest BCUT2D eigenvalue weighted by molar-refractivity contribution is 7.09. The van der Waals surface area contributed by atoms with Gasteiger partial charge >= 0.3 is 6.61 Å². The first-order valence-electron chi connectivity index (χ1n) is 7.18. The summed E-state index contributed by atoms with van der Waals surface area (Å²) in [5, 5.41) is 8.42. The van der Waals surface area contributed by atoms with Gasteiger partial charge in [-0.25, -0.2) is 0 Å². The predicted molar refractivity (Wildman–Crippen MR) is 89.3 cm³/mol. The largest absolute Gasteiger partial charge is 0.435 e. The van der Waals surface area contributed by atoms with E-state index in [1.807, 2.05) is 12.1 Å². The minimum absolute atomic E-state index is 0.153. The van der Waals surface area contributed by atoms with Gasteiger partial charge < -0.3 is 15.4 Å². The summed E-state index contributed by atoms with van der Waals surface area (Å²) in [5.74, 6) is 0.821. The van der Waals surface area contributed by atoms with E-state index in [1.54, 1.807) is 30.5 Å². The van der Waals surface area contributed by atoms with Gasteiger partial charge in [-0.05, 0) is 35.6 Å². The Balaban J connectivity index is 1.78.